The van der Waals surface area contributed by atoms with E-state index in [1.165, 1.54) is 6.42 Å². The van der Waals surface area contributed by atoms with Gasteiger partial charge in [-0.1, -0.05) is 48.5 Å². The van der Waals surface area contributed by atoms with Gasteiger partial charge in [-0.05, 0) is 29.6 Å². The Morgan fingerprint density at radius 1 is 0.857 bits per heavy atom. The van der Waals surface area contributed by atoms with Crippen LogP contribution >= 0.6 is 0 Å². The highest BCUT2D eigenvalue weighted by atomic mass is 14.7. The lowest BCUT2D eigenvalue weighted by Crippen LogP contribution is -2.34. The topological polar surface area (TPSA) is 26.0 Å². The van der Waals surface area contributed by atoms with E-state index in [2.05, 4.69) is 48.5 Å². The molecule has 0 saturated heterocycles. The van der Waals surface area contributed by atoms with Gasteiger partial charge in [0.05, 0.1) is 0 Å². The molecular formula is C13H29N. The molecule has 0 bridgehead atoms. The van der Waals surface area contributed by atoms with Crippen LogP contribution in [0.4, 0.5) is 0 Å². The van der Waals surface area contributed by atoms with E-state index in [0.717, 1.165) is 6.42 Å². The SMILES string of the molecule is CC(CC(C)(C)C)C(N)CC(C)(C)C. The molecule has 0 aromatic carbocycles. The summed E-state index contributed by atoms with van der Waals surface area (Å²) in [6.45, 7) is 15.9. The first-order valence-corrected chi connectivity index (χ1v) is 5.77. The van der Waals surface area contributed by atoms with Gasteiger partial charge < -0.3 is 5.73 Å². The number of nitrogens with two attached hydrogens (primary N) is 1. The Bertz CT molecular complexity index is 139. The van der Waals surface area contributed by atoms with Crippen molar-refractivity contribution in [2.24, 2.45) is 22.5 Å². The first-order chi connectivity index (χ1) is 6.01. The molecule has 0 heterocycles. The van der Waals surface area contributed by atoms with E-state index in [1.807, 2.05) is 0 Å². The lowest BCUT2D eigenvalue weighted by atomic mass is 9.77. The van der Waals surface area contributed by atoms with Crippen molar-refractivity contribution in [3.05, 3.63) is 0 Å². The lowest BCUT2D eigenvalue weighted by Gasteiger charge is -2.31. The van der Waals surface area contributed by atoms with Crippen molar-refractivity contribution < 1.29 is 0 Å². The second-order valence-electron chi connectivity index (χ2n) is 7.17. The minimum Gasteiger partial charge on any atom is -0.327 e. The van der Waals surface area contributed by atoms with E-state index in [-0.39, 0.29) is 0 Å². The number of hydrogen-bond acceptors (Lipinski definition) is 1. The van der Waals surface area contributed by atoms with Crippen molar-refractivity contribution in [2.45, 2.75) is 67.3 Å². The zero-order valence-electron chi connectivity index (χ0n) is 11.1. The van der Waals surface area contributed by atoms with Gasteiger partial charge in [-0.2, -0.15) is 0 Å². The van der Waals surface area contributed by atoms with E-state index in [1.54, 1.807) is 0 Å². The summed E-state index contributed by atoms with van der Waals surface area (Å²) >= 11 is 0. The Kier molecular flexibility index (Phi) is 4.64. The third kappa shape index (κ3) is 7.37. The van der Waals surface area contributed by atoms with Gasteiger partial charge in [0, 0.05) is 6.04 Å². The molecule has 1 heteroatoms. The molecule has 0 rings (SSSR count). The second-order valence-corrected chi connectivity index (χ2v) is 7.17. The van der Waals surface area contributed by atoms with Gasteiger partial charge in [-0.3, -0.25) is 0 Å². The molecule has 0 aliphatic rings. The molecule has 0 fully saturated rings. The summed E-state index contributed by atoms with van der Waals surface area (Å²) in [5.74, 6) is 0.620. The van der Waals surface area contributed by atoms with Gasteiger partial charge in [0.1, 0.15) is 0 Å². The smallest absolute Gasteiger partial charge is 0.00697 e. The maximum atomic E-state index is 6.21. The first-order valence-electron chi connectivity index (χ1n) is 5.77. The Balaban J connectivity index is 4.07. The highest BCUT2D eigenvalue weighted by Gasteiger charge is 2.24. The van der Waals surface area contributed by atoms with Crippen molar-refractivity contribution in [1.29, 1.82) is 0 Å². The van der Waals surface area contributed by atoms with E-state index in [4.69, 9.17) is 5.73 Å². The molecule has 0 aromatic rings. The highest BCUT2D eigenvalue weighted by Crippen LogP contribution is 2.30. The molecule has 0 aromatic heterocycles. The fourth-order valence-corrected chi connectivity index (χ4v) is 2.03. The van der Waals surface area contributed by atoms with Crippen LogP contribution in [0.15, 0.2) is 0 Å². The molecule has 0 radical (unpaired) electrons. The zero-order valence-corrected chi connectivity index (χ0v) is 11.1. The molecule has 86 valence electrons. The molecule has 0 spiro atoms. The first kappa shape index (κ1) is 14.0. The van der Waals surface area contributed by atoms with Crippen LogP contribution in [0.1, 0.15) is 61.3 Å². The average molecular weight is 199 g/mol. The van der Waals surface area contributed by atoms with E-state index >= 15 is 0 Å². The standard InChI is InChI=1S/C13H29N/c1-10(8-12(2,3)4)11(14)9-13(5,6)7/h10-11H,8-9,14H2,1-7H3. The maximum Gasteiger partial charge on any atom is 0.00697 e. The van der Waals surface area contributed by atoms with Gasteiger partial charge >= 0.3 is 0 Å². The Morgan fingerprint density at radius 3 is 1.50 bits per heavy atom. The van der Waals surface area contributed by atoms with Crippen LogP contribution in [-0.2, 0) is 0 Å². The second kappa shape index (κ2) is 4.65. The number of rotatable bonds is 3. The summed E-state index contributed by atoms with van der Waals surface area (Å²) in [6.07, 6.45) is 2.33. The quantitative estimate of drug-likeness (QED) is 0.734. The Hall–Kier alpha value is -0.0400. The van der Waals surface area contributed by atoms with E-state index in [9.17, 15) is 0 Å². The van der Waals surface area contributed by atoms with Gasteiger partial charge in [0.25, 0.3) is 0 Å². The van der Waals surface area contributed by atoms with Crippen LogP contribution in [-0.4, -0.2) is 6.04 Å². The van der Waals surface area contributed by atoms with Crippen LogP contribution in [0, 0.1) is 16.7 Å². The fraction of sp³-hybridized carbons (Fsp3) is 1.00. The van der Waals surface area contributed by atoms with Gasteiger partial charge in [0.15, 0.2) is 0 Å². The van der Waals surface area contributed by atoms with Gasteiger partial charge in [-0.15, -0.1) is 0 Å². The molecule has 2 N–H and O–H groups in total. The minimum absolute atomic E-state index is 0.342. The average Bonchev–Trinajstić information content (AvgIpc) is 1.78. The van der Waals surface area contributed by atoms with Gasteiger partial charge in [0.2, 0.25) is 0 Å². The zero-order chi connectivity index (χ0) is 11.6. The lowest BCUT2D eigenvalue weighted by molar-refractivity contribution is 0.232. The normalized spacial score (nSPS) is 18.0. The van der Waals surface area contributed by atoms with Crippen molar-refractivity contribution in [2.75, 3.05) is 0 Å². The van der Waals surface area contributed by atoms with Crippen LogP contribution in [0.2, 0.25) is 0 Å². The van der Waals surface area contributed by atoms with Crippen molar-refractivity contribution in [3.63, 3.8) is 0 Å². The monoisotopic (exact) mass is 199 g/mol. The van der Waals surface area contributed by atoms with Crippen molar-refractivity contribution in [1.82, 2.24) is 0 Å². The maximum absolute atomic E-state index is 6.21. The van der Waals surface area contributed by atoms with E-state index in [0.29, 0.717) is 22.8 Å². The van der Waals surface area contributed by atoms with E-state index < -0.39 is 0 Å². The summed E-state index contributed by atoms with van der Waals surface area (Å²) in [5, 5.41) is 0. The highest BCUT2D eigenvalue weighted by molar-refractivity contribution is 4.79. The molecule has 0 amide bonds. The third-order valence-corrected chi connectivity index (χ3v) is 2.51. The summed E-state index contributed by atoms with van der Waals surface area (Å²) in [7, 11) is 0. The van der Waals surface area contributed by atoms with Crippen LogP contribution in [0.5, 0.6) is 0 Å². The molecule has 0 saturated carbocycles. The fourth-order valence-electron chi connectivity index (χ4n) is 2.03. The summed E-state index contributed by atoms with van der Waals surface area (Å²) in [4.78, 5) is 0. The van der Waals surface area contributed by atoms with Crippen molar-refractivity contribution >= 4 is 0 Å². The minimum atomic E-state index is 0.342. The summed E-state index contributed by atoms with van der Waals surface area (Å²) in [6, 6.07) is 0.342. The van der Waals surface area contributed by atoms with Crippen LogP contribution in [0.3, 0.4) is 0 Å². The largest absolute Gasteiger partial charge is 0.327 e. The van der Waals surface area contributed by atoms with Crippen LogP contribution in [0.25, 0.3) is 0 Å². The molecule has 2 atom stereocenters. The molecule has 1 nitrogen and oxygen atoms in total. The third-order valence-electron chi connectivity index (χ3n) is 2.51. The van der Waals surface area contributed by atoms with Crippen molar-refractivity contribution in [3.8, 4) is 0 Å². The summed E-state index contributed by atoms with van der Waals surface area (Å²) < 4.78 is 0. The molecule has 2 unspecified atom stereocenters. The Morgan fingerprint density at radius 2 is 1.21 bits per heavy atom. The predicted octanol–water partition coefficient (Wildman–Crippen LogP) is 3.82. The molecule has 14 heavy (non-hydrogen) atoms. The predicted molar refractivity (Wildman–Crippen MR) is 65.3 cm³/mol. The molecular weight excluding hydrogens is 170 g/mol. The molecule has 0 aliphatic carbocycles. The molecule has 0 aliphatic heterocycles. The van der Waals surface area contributed by atoms with Crippen LogP contribution < -0.4 is 5.73 Å². The summed E-state index contributed by atoms with van der Waals surface area (Å²) in [5.41, 5.74) is 6.96. The van der Waals surface area contributed by atoms with Gasteiger partial charge in [-0.25, -0.2) is 0 Å². The number of hydrogen-bond donors (Lipinski definition) is 1. The Labute approximate surface area is 90.5 Å².